The molecule has 2 aliphatic rings. The van der Waals surface area contributed by atoms with Gasteiger partial charge in [-0.2, -0.15) is 5.26 Å². The van der Waals surface area contributed by atoms with Gasteiger partial charge >= 0.3 is 0 Å². The van der Waals surface area contributed by atoms with Crippen molar-refractivity contribution in [3.8, 4) is 11.8 Å². The van der Waals surface area contributed by atoms with Crippen LogP contribution in [0.3, 0.4) is 0 Å². The Balaban J connectivity index is 2.21. The Kier molecular flexibility index (Phi) is 7.53. The van der Waals surface area contributed by atoms with Crippen molar-refractivity contribution in [3.63, 3.8) is 0 Å². The molecule has 0 radical (unpaired) electrons. The van der Waals surface area contributed by atoms with Crippen LogP contribution in [0.5, 0.6) is 5.75 Å². The van der Waals surface area contributed by atoms with Gasteiger partial charge in [0.1, 0.15) is 18.2 Å². The first-order valence-corrected chi connectivity index (χ1v) is 11.9. The van der Waals surface area contributed by atoms with Gasteiger partial charge in [-0.3, -0.25) is 4.79 Å². The van der Waals surface area contributed by atoms with E-state index in [0.717, 1.165) is 11.3 Å². The summed E-state index contributed by atoms with van der Waals surface area (Å²) in [5, 5.41) is 10.1. The van der Waals surface area contributed by atoms with Crippen molar-refractivity contribution in [1.29, 1.82) is 5.26 Å². The number of hydrogen-bond acceptors (Lipinski definition) is 6. The van der Waals surface area contributed by atoms with E-state index >= 15 is 0 Å². The van der Waals surface area contributed by atoms with E-state index in [1.54, 1.807) is 13.2 Å². The molecule has 0 aromatic heterocycles. The third kappa shape index (κ3) is 4.66. The van der Waals surface area contributed by atoms with Crippen molar-refractivity contribution in [2.24, 2.45) is 11.1 Å². The average molecular weight is 565 g/mol. The van der Waals surface area contributed by atoms with Crippen LogP contribution in [0.4, 0.5) is 0 Å². The first-order valence-electron chi connectivity index (χ1n) is 10.3. The normalized spacial score (nSPS) is 20.2. The summed E-state index contributed by atoms with van der Waals surface area (Å²) >= 11 is 7.14. The molecule has 2 N–H and O–H groups in total. The number of hydrogen-bond donors (Lipinski definition) is 1. The molecule has 1 aromatic carbocycles. The number of ether oxygens (including phenoxy) is 2. The molecule has 0 unspecified atom stereocenters. The zero-order valence-corrected chi connectivity index (χ0v) is 21.7. The average Bonchev–Trinajstić information content (AvgIpc) is 2.71. The molecular weight excluding hydrogens is 538 g/mol. The third-order valence-electron chi connectivity index (χ3n) is 5.71. The standard InChI is InChI=1S/C24H27Br2N3O3/c1-5-7-32-22-16(25)9-14(10-17(22)26)20-15(13-27)23(28)29(6-8-31-4)18-11-24(2,3)12-19(30)21(18)20/h5,9-10,20H,1,6-8,11-12,28H2,2-4H3/t20-/m1/s1. The molecule has 0 amide bonds. The van der Waals surface area contributed by atoms with Gasteiger partial charge in [0.25, 0.3) is 0 Å². The van der Waals surface area contributed by atoms with Gasteiger partial charge in [-0.15, -0.1) is 0 Å². The maximum atomic E-state index is 13.4. The van der Waals surface area contributed by atoms with Crippen molar-refractivity contribution < 1.29 is 14.3 Å². The fourth-order valence-electron chi connectivity index (χ4n) is 4.37. The molecule has 0 saturated carbocycles. The first kappa shape index (κ1) is 24.6. The first-order chi connectivity index (χ1) is 15.1. The van der Waals surface area contributed by atoms with E-state index in [4.69, 9.17) is 15.2 Å². The summed E-state index contributed by atoms with van der Waals surface area (Å²) < 4.78 is 12.4. The van der Waals surface area contributed by atoms with Crippen LogP contribution in [0.2, 0.25) is 0 Å². The summed E-state index contributed by atoms with van der Waals surface area (Å²) in [6.07, 6.45) is 2.78. The van der Waals surface area contributed by atoms with Crippen LogP contribution in [-0.2, 0) is 9.53 Å². The minimum atomic E-state index is -0.543. The molecule has 0 spiro atoms. The highest BCUT2D eigenvalue weighted by atomic mass is 79.9. The number of allylic oxidation sites excluding steroid dienone is 3. The maximum Gasteiger partial charge on any atom is 0.162 e. The Morgan fingerprint density at radius 1 is 1.34 bits per heavy atom. The Morgan fingerprint density at radius 3 is 2.56 bits per heavy atom. The van der Waals surface area contributed by atoms with Gasteiger partial charge < -0.3 is 20.1 Å². The maximum absolute atomic E-state index is 13.4. The summed E-state index contributed by atoms with van der Waals surface area (Å²) in [5.41, 5.74) is 9.02. The molecular formula is C24H27Br2N3O3. The molecule has 1 atom stereocenters. The quantitative estimate of drug-likeness (QED) is 0.460. The lowest BCUT2D eigenvalue weighted by Crippen LogP contribution is -2.43. The number of Topliss-reactive ketones (excluding diaryl/α,β-unsaturated/α-hetero) is 1. The molecule has 32 heavy (non-hydrogen) atoms. The molecule has 0 bridgehead atoms. The van der Waals surface area contributed by atoms with E-state index in [1.807, 2.05) is 17.0 Å². The molecule has 1 heterocycles. The summed E-state index contributed by atoms with van der Waals surface area (Å²) in [6.45, 7) is 9.10. The topological polar surface area (TPSA) is 88.6 Å². The number of rotatable bonds is 7. The second-order valence-corrected chi connectivity index (χ2v) is 10.4. The predicted octanol–water partition coefficient (Wildman–Crippen LogP) is 5.16. The summed E-state index contributed by atoms with van der Waals surface area (Å²) in [4.78, 5) is 15.3. The van der Waals surface area contributed by atoms with Gasteiger partial charge in [-0.1, -0.05) is 26.5 Å². The Bertz CT molecular complexity index is 1030. The highest BCUT2D eigenvalue weighted by Gasteiger charge is 2.44. The van der Waals surface area contributed by atoms with Crippen LogP contribution < -0.4 is 10.5 Å². The van der Waals surface area contributed by atoms with Crippen LogP contribution in [0, 0.1) is 16.7 Å². The van der Waals surface area contributed by atoms with Gasteiger partial charge in [0.2, 0.25) is 0 Å². The number of halogens is 2. The van der Waals surface area contributed by atoms with E-state index < -0.39 is 5.92 Å². The number of nitriles is 1. The zero-order chi connectivity index (χ0) is 23.6. The lowest BCUT2D eigenvalue weighted by molar-refractivity contribution is -0.118. The van der Waals surface area contributed by atoms with Gasteiger partial charge in [-0.05, 0) is 61.4 Å². The van der Waals surface area contributed by atoms with Gasteiger partial charge in [0.15, 0.2) is 5.78 Å². The van der Waals surface area contributed by atoms with Crippen molar-refractivity contribution in [2.75, 3.05) is 26.9 Å². The Hall–Kier alpha value is -2.08. The molecule has 6 nitrogen and oxygen atoms in total. The number of carbonyl (C=O) groups is 1. The second kappa shape index (κ2) is 9.82. The van der Waals surface area contributed by atoms with E-state index in [-0.39, 0.29) is 11.2 Å². The monoisotopic (exact) mass is 563 g/mol. The van der Waals surface area contributed by atoms with Crippen LogP contribution in [-0.4, -0.2) is 37.6 Å². The molecule has 3 rings (SSSR count). The number of nitrogens with two attached hydrogens (primary N) is 1. The van der Waals surface area contributed by atoms with Crippen molar-refractivity contribution in [1.82, 2.24) is 4.90 Å². The van der Waals surface area contributed by atoms with Crippen LogP contribution >= 0.6 is 31.9 Å². The number of nitrogens with zero attached hydrogens (tertiary/aromatic N) is 2. The van der Waals surface area contributed by atoms with E-state index in [1.165, 1.54) is 0 Å². The summed E-state index contributed by atoms with van der Waals surface area (Å²) in [6, 6.07) is 6.06. The van der Waals surface area contributed by atoms with Crippen molar-refractivity contribution in [3.05, 3.63) is 62.0 Å². The third-order valence-corrected chi connectivity index (χ3v) is 6.88. The zero-order valence-electron chi connectivity index (χ0n) is 18.5. The van der Waals surface area contributed by atoms with Crippen LogP contribution in [0.15, 0.2) is 56.4 Å². The Labute approximate surface area is 206 Å². The van der Waals surface area contributed by atoms with E-state index in [2.05, 4.69) is 58.4 Å². The number of carbonyl (C=O) groups excluding carboxylic acids is 1. The fourth-order valence-corrected chi connectivity index (χ4v) is 5.82. The number of methoxy groups -OCH3 is 1. The minimum Gasteiger partial charge on any atom is -0.487 e. The fraction of sp³-hybridized carbons (Fsp3) is 0.417. The highest BCUT2D eigenvalue weighted by molar-refractivity contribution is 9.11. The van der Waals surface area contributed by atoms with Crippen molar-refractivity contribution in [2.45, 2.75) is 32.6 Å². The van der Waals surface area contributed by atoms with Crippen molar-refractivity contribution >= 4 is 37.6 Å². The molecule has 1 aliphatic heterocycles. The Morgan fingerprint density at radius 2 is 2.00 bits per heavy atom. The molecule has 0 saturated heterocycles. The van der Waals surface area contributed by atoms with E-state index in [9.17, 15) is 10.1 Å². The molecule has 1 aliphatic carbocycles. The van der Waals surface area contributed by atoms with Gasteiger partial charge in [-0.25, -0.2) is 0 Å². The SMILES string of the molecule is C=CCOc1c(Br)cc([C@@H]2C(C#N)=C(N)N(CCOC)C3=C2C(=O)CC(C)(C)C3)cc1Br. The largest absolute Gasteiger partial charge is 0.487 e. The minimum absolute atomic E-state index is 0.0446. The molecule has 0 fully saturated rings. The summed E-state index contributed by atoms with van der Waals surface area (Å²) in [7, 11) is 1.62. The van der Waals surface area contributed by atoms with Gasteiger partial charge in [0.05, 0.1) is 33.1 Å². The molecule has 8 heteroatoms. The van der Waals surface area contributed by atoms with E-state index in [0.29, 0.717) is 64.3 Å². The number of ketones is 1. The summed E-state index contributed by atoms with van der Waals surface area (Å²) in [5.74, 6) is 0.506. The van der Waals surface area contributed by atoms with Gasteiger partial charge in [0, 0.05) is 31.3 Å². The molecule has 170 valence electrons. The van der Waals surface area contributed by atoms with Crippen LogP contribution in [0.25, 0.3) is 0 Å². The van der Waals surface area contributed by atoms with Crippen LogP contribution in [0.1, 0.15) is 38.2 Å². The molecule has 1 aromatic rings. The predicted molar refractivity (Wildman–Crippen MR) is 131 cm³/mol. The number of benzene rings is 1. The smallest absolute Gasteiger partial charge is 0.162 e. The highest BCUT2D eigenvalue weighted by Crippen LogP contribution is 2.50. The lowest BCUT2D eigenvalue weighted by Gasteiger charge is -2.43. The second-order valence-electron chi connectivity index (χ2n) is 8.70. The lowest BCUT2D eigenvalue weighted by atomic mass is 9.68.